The Bertz CT molecular complexity index is 581. The highest BCUT2D eigenvalue weighted by Gasteiger charge is 2.22. The Kier molecular flexibility index (Phi) is 5.11. The number of rotatable bonds is 4. The van der Waals surface area contributed by atoms with Crippen LogP contribution in [0.5, 0.6) is 0 Å². The lowest BCUT2D eigenvalue weighted by Crippen LogP contribution is -2.19. The molecule has 118 valence electrons. The molecule has 0 amide bonds. The molecule has 0 aliphatic carbocycles. The average Bonchev–Trinajstić information content (AvgIpc) is 2.47. The molecule has 0 nitrogen and oxygen atoms in total. The minimum Gasteiger partial charge on any atom is -0.0620 e. The van der Waals surface area contributed by atoms with Crippen LogP contribution in [0.4, 0.5) is 0 Å². The van der Waals surface area contributed by atoms with Gasteiger partial charge in [-0.3, -0.25) is 0 Å². The molecule has 0 fully saturated rings. The Hall–Kier alpha value is -1.56. The van der Waals surface area contributed by atoms with Gasteiger partial charge in [-0.05, 0) is 47.3 Å². The molecule has 0 radical (unpaired) electrons. The van der Waals surface area contributed by atoms with Crippen molar-refractivity contribution in [1.29, 1.82) is 0 Å². The monoisotopic (exact) mass is 294 g/mol. The Morgan fingerprint density at radius 3 is 1.68 bits per heavy atom. The number of hydrogen-bond donors (Lipinski definition) is 0. The Labute approximate surface area is 136 Å². The highest BCUT2D eigenvalue weighted by atomic mass is 14.3. The van der Waals surface area contributed by atoms with Crippen LogP contribution in [0.25, 0.3) is 11.1 Å². The molecule has 0 heteroatoms. The Morgan fingerprint density at radius 1 is 0.773 bits per heavy atom. The summed E-state index contributed by atoms with van der Waals surface area (Å²) in [6, 6.07) is 17.9. The summed E-state index contributed by atoms with van der Waals surface area (Å²) >= 11 is 0. The van der Waals surface area contributed by atoms with Crippen LogP contribution in [-0.2, 0) is 0 Å². The zero-order chi connectivity index (χ0) is 16.3. The third-order valence-electron chi connectivity index (χ3n) is 5.05. The van der Waals surface area contributed by atoms with E-state index >= 15 is 0 Å². The molecule has 0 aliphatic heterocycles. The molecule has 0 spiro atoms. The maximum absolute atomic E-state index is 2.37. The van der Waals surface area contributed by atoms with Gasteiger partial charge in [0, 0.05) is 0 Å². The van der Waals surface area contributed by atoms with Gasteiger partial charge in [0.25, 0.3) is 0 Å². The van der Waals surface area contributed by atoms with Crippen molar-refractivity contribution >= 4 is 0 Å². The van der Waals surface area contributed by atoms with Crippen LogP contribution in [-0.4, -0.2) is 0 Å². The van der Waals surface area contributed by atoms with Crippen molar-refractivity contribution in [2.75, 3.05) is 0 Å². The minimum atomic E-state index is 0.385. The van der Waals surface area contributed by atoms with Gasteiger partial charge in [-0.1, -0.05) is 88.7 Å². The van der Waals surface area contributed by atoms with Crippen LogP contribution in [0, 0.1) is 18.3 Å². The molecule has 0 saturated carbocycles. The standard InChI is InChI=1S/C22H30/c1-16-7-9-20(10-8-16)21-13-11-19(12-14-21)17(2)15-18(3)22(4,5)6/h7-14,17-18H,15H2,1-6H3. The van der Waals surface area contributed by atoms with E-state index in [1.165, 1.54) is 28.7 Å². The van der Waals surface area contributed by atoms with Gasteiger partial charge < -0.3 is 0 Å². The molecular weight excluding hydrogens is 264 g/mol. The normalized spacial score (nSPS) is 14.6. The average molecular weight is 294 g/mol. The van der Waals surface area contributed by atoms with Gasteiger partial charge >= 0.3 is 0 Å². The molecule has 22 heavy (non-hydrogen) atoms. The van der Waals surface area contributed by atoms with E-state index in [0.29, 0.717) is 11.3 Å². The van der Waals surface area contributed by atoms with Gasteiger partial charge in [0.05, 0.1) is 0 Å². The third-order valence-corrected chi connectivity index (χ3v) is 5.05. The van der Waals surface area contributed by atoms with E-state index in [0.717, 1.165) is 5.92 Å². The van der Waals surface area contributed by atoms with Crippen molar-refractivity contribution in [2.24, 2.45) is 11.3 Å². The van der Waals surface area contributed by atoms with Gasteiger partial charge in [-0.15, -0.1) is 0 Å². The summed E-state index contributed by atoms with van der Waals surface area (Å²) in [6.45, 7) is 13.9. The first kappa shape index (κ1) is 16.8. The summed E-state index contributed by atoms with van der Waals surface area (Å²) in [5, 5.41) is 0. The summed E-state index contributed by atoms with van der Waals surface area (Å²) in [4.78, 5) is 0. The minimum absolute atomic E-state index is 0.385. The predicted octanol–water partition coefficient (Wildman–Crippen LogP) is 6.84. The zero-order valence-corrected chi connectivity index (χ0v) is 15.0. The molecular formula is C22H30. The topological polar surface area (TPSA) is 0 Å². The maximum Gasteiger partial charge on any atom is -0.0184 e. The van der Waals surface area contributed by atoms with Gasteiger partial charge in [-0.2, -0.15) is 0 Å². The third kappa shape index (κ3) is 4.22. The maximum atomic E-state index is 2.37. The van der Waals surface area contributed by atoms with E-state index in [9.17, 15) is 0 Å². The van der Waals surface area contributed by atoms with Crippen molar-refractivity contribution in [2.45, 2.75) is 53.9 Å². The molecule has 2 atom stereocenters. The largest absolute Gasteiger partial charge is 0.0620 e. The molecule has 2 aromatic carbocycles. The van der Waals surface area contributed by atoms with Gasteiger partial charge in [0.1, 0.15) is 0 Å². The molecule has 0 bridgehead atoms. The van der Waals surface area contributed by atoms with Crippen LogP contribution in [0.3, 0.4) is 0 Å². The van der Waals surface area contributed by atoms with Crippen LogP contribution in [0.15, 0.2) is 48.5 Å². The first-order valence-corrected chi connectivity index (χ1v) is 8.44. The van der Waals surface area contributed by atoms with Crippen molar-refractivity contribution in [3.8, 4) is 11.1 Å². The SMILES string of the molecule is Cc1ccc(-c2ccc(C(C)CC(C)C(C)(C)C)cc2)cc1. The van der Waals surface area contributed by atoms with Crippen molar-refractivity contribution in [3.05, 3.63) is 59.7 Å². The number of aryl methyl sites for hydroxylation is 1. The Morgan fingerprint density at radius 2 is 1.23 bits per heavy atom. The molecule has 0 heterocycles. The fourth-order valence-corrected chi connectivity index (χ4v) is 2.77. The lowest BCUT2D eigenvalue weighted by Gasteiger charge is -2.29. The highest BCUT2D eigenvalue weighted by Crippen LogP contribution is 2.34. The van der Waals surface area contributed by atoms with E-state index in [4.69, 9.17) is 0 Å². The molecule has 0 N–H and O–H groups in total. The Balaban J connectivity index is 2.10. The second-order valence-corrected chi connectivity index (χ2v) is 7.89. The first-order valence-electron chi connectivity index (χ1n) is 8.44. The number of benzene rings is 2. The lowest BCUT2D eigenvalue weighted by molar-refractivity contribution is 0.236. The summed E-state index contributed by atoms with van der Waals surface area (Å²) in [7, 11) is 0. The van der Waals surface area contributed by atoms with Crippen LogP contribution in [0.1, 0.15) is 58.1 Å². The predicted molar refractivity (Wildman–Crippen MR) is 98.3 cm³/mol. The van der Waals surface area contributed by atoms with E-state index in [-0.39, 0.29) is 0 Å². The molecule has 0 aromatic heterocycles. The zero-order valence-electron chi connectivity index (χ0n) is 15.0. The molecule has 0 saturated heterocycles. The summed E-state index contributed by atoms with van der Waals surface area (Å²) < 4.78 is 0. The summed E-state index contributed by atoms with van der Waals surface area (Å²) in [6.07, 6.45) is 1.24. The number of hydrogen-bond acceptors (Lipinski definition) is 0. The second kappa shape index (κ2) is 6.69. The van der Waals surface area contributed by atoms with Crippen molar-refractivity contribution in [3.63, 3.8) is 0 Å². The van der Waals surface area contributed by atoms with E-state index in [2.05, 4.69) is 90.1 Å². The smallest absolute Gasteiger partial charge is 0.0184 e. The van der Waals surface area contributed by atoms with Crippen LogP contribution >= 0.6 is 0 Å². The molecule has 0 aliphatic rings. The van der Waals surface area contributed by atoms with E-state index in [1.54, 1.807) is 0 Å². The van der Waals surface area contributed by atoms with Crippen molar-refractivity contribution < 1.29 is 0 Å². The van der Waals surface area contributed by atoms with E-state index in [1.807, 2.05) is 0 Å². The quantitative estimate of drug-likeness (QED) is 0.579. The van der Waals surface area contributed by atoms with Gasteiger partial charge in [-0.25, -0.2) is 0 Å². The fraction of sp³-hybridized carbons (Fsp3) is 0.455. The summed E-state index contributed by atoms with van der Waals surface area (Å²) in [5.41, 5.74) is 5.75. The molecule has 2 unspecified atom stereocenters. The second-order valence-electron chi connectivity index (χ2n) is 7.89. The first-order chi connectivity index (χ1) is 10.3. The molecule has 2 rings (SSSR count). The van der Waals surface area contributed by atoms with Gasteiger partial charge in [0.2, 0.25) is 0 Å². The summed E-state index contributed by atoms with van der Waals surface area (Å²) in [5.74, 6) is 1.33. The van der Waals surface area contributed by atoms with Crippen LogP contribution < -0.4 is 0 Å². The van der Waals surface area contributed by atoms with Crippen LogP contribution in [0.2, 0.25) is 0 Å². The van der Waals surface area contributed by atoms with Gasteiger partial charge in [0.15, 0.2) is 0 Å². The molecule has 2 aromatic rings. The fourth-order valence-electron chi connectivity index (χ4n) is 2.77. The highest BCUT2D eigenvalue weighted by molar-refractivity contribution is 5.64. The van der Waals surface area contributed by atoms with E-state index < -0.39 is 0 Å². The van der Waals surface area contributed by atoms with Crippen molar-refractivity contribution in [1.82, 2.24) is 0 Å². The lowest BCUT2D eigenvalue weighted by atomic mass is 9.76.